The van der Waals surface area contributed by atoms with Gasteiger partial charge in [-0.3, -0.25) is 0 Å². The maximum absolute atomic E-state index is 10.3. The van der Waals surface area contributed by atoms with Gasteiger partial charge in [-0.15, -0.1) is 5.10 Å². The molecule has 0 unspecified atom stereocenters. The van der Waals surface area contributed by atoms with Crippen LogP contribution in [0.3, 0.4) is 0 Å². The second-order valence-corrected chi connectivity index (χ2v) is 2.02. The number of nitro groups is 1. The molecule has 0 amide bonds. The molecule has 0 aliphatic heterocycles. The monoisotopic (exact) mass is 169 g/mol. The molecule has 0 aliphatic rings. The van der Waals surface area contributed by atoms with Gasteiger partial charge in [0.2, 0.25) is 0 Å². The van der Waals surface area contributed by atoms with Gasteiger partial charge in [0, 0.05) is 0 Å². The second-order valence-electron chi connectivity index (χ2n) is 2.02. The molecule has 0 spiro atoms. The Kier molecular flexibility index (Phi) is 2.54. The van der Waals surface area contributed by atoms with Crippen molar-refractivity contribution in [2.75, 3.05) is 6.61 Å². The molecule has 0 saturated heterocycles. The van der Waals surface area contributed by atoms with E-state index in [0.717, 1.165) is 0 Å². The van der Waals surface area contributed by atoms with Gasteiger partial charge in [0.05, 0.1) is 18.4 Å². The third-order valence-electron chi connectivity index (χ3n) is 1.23. The van der Waals surface area contributed by atoms with E-state index in [0.29, 0.717) is 5.56 Å². The SMILES string of the molecule is O=[N+]([O-])c1[nH]ncc1/C=C/CO. The Morgan fingerprint density at radius 2 is 2.58 bits per heavy atom. The molecule has 0 radical (unpaired) electrons. The van der Waals surface area contributed by atoms with Gasteiger partial charge < -0.3 is 15.2 Å². The lowest BCUT2D eigenvalue weighted by molar-refractivity contribution is -0.389. The molecule has 1 rings (SSSR count). The van der Waals surface area contributed by atoms with Crippen LogP contribution in [0.1, 0.15) is 5.56 Å². The van der Waals surface area contributed by atoms with Crippen molar-refractivity contribution in [2.45, 2.75) is 0 Å². The molecule has 0 bridgehead atoms. The molecule has 0 saturated carbocycles. The van der Waals surface area contributed by atoms with E-state index in [9.17, 15) is 10.1 Å². The Balaban J connectivity index is 2.91. The fraction of sp³-hybridized carbons (Fsp3) is 0.167. The number of rotatable bonds is 3. The maximum Gasteiger partial charge on any atom is 0.349 e. The average Bonchev–Trinajstić information content (AvgIpc) is 2.48. The zero-order chi connectivity index (χ0) is 8.97. The van der Waals surface area contributed by atoms with E-state index < -0.39 is 4.92 Å². The summed E-state index contributed by atoms with van der Waals surface area (Å²) < 4.78 is 0. The van der Waals surface area contributed by atoms with Crippen LogP contribution in [0.25, 0.3) is 6.08 Å². The van der Waals surface area contributed by atoms with Gasteiger partial charge in [0.25, 0.3) is 0 Å². The number of nitrogens with one attached hydrogen (secondary N) is 1. The highest BCUT2D eigenvalue weighted by Crippen LogP contribution is 2.14. The summed E-state index contributed by atoms with van der Waals surface area (Å²) in [4.78, 5) is 9.72. The van der Waals surface area contributed by atoms with E-state index in [1.807, 2.05) is 0 Å². The number of aromatic nitrogens is 2. The minimum Gasteiger partial charge on any atom is -0.392 e. The van der Waals surface area contributed by atoms with Crippen LogP contribution >= 0.6 is 0 Å². The van der Waals surface area contributed by atoms with Gasteiger partial charge in [-0.2, -0.15) is 0 Å². The van der Waals surface area contributed by atoms with Crippen molar-refractivity contribution in [3.05, 3.63) is 28.0 Å². The molecular weight excluding hydrogens is 162 g/mol. The molecule has 0 aliphatic carbocycles. The van der Waals surface area contributed by atoms with E-state index in [1.54, 1.807) is 0 Å². The van der Waals surface area contributed by atoms with Crippen LogP contribution in [0.15, 0.2) is 12.3 Å². The van der Waals surface area contributed by atoms with E-state index in [-0.39, 0.29) is 12.4 Å². The van der Waals surface area contributed by atoms with E-state index in [2.05, 4.69) is 10.2 Å². The number of H-pyrrole nitrogens is 1. The molecule has 0 aromatic carbocycles. The number of nitrogens with zero attached hydrogens (tertiary/aromatic N) is 2. The maximum atomic E-state index is 10.3. The molecular formula is C6H7N3O3. The summed E-state index contributed by atoms with van der Waals surface area (Å²) in [5.41, 5.74) is 0.356. The number of hydrogen-bond donors (Lipinski definition) is 2. The predicted octanol–water partition coefficient (Wildman–Crippen LogP) is 0.323. The molecule has 12 heavy (non-hydrogen) atoms. The molecule has 64 valence electrons. The van der Waals surface area contributed by atoms with Gasteiger partial charge >= 0.3 is 5.82 Å². The lowest BCUT2D eigenvalue weighted by atomic mass is 10.3. The number of aliphatic hydroxyl groups is 1. The highest BCUT2D eigenvalue weighted by atomic mass is 16.6. The fourth-order valence-electron chi connectivity index (χ4n) is 0.737. The van der Waals surface area contributed by atoms with Gasteiger partial charge in [-0.25, -0.2) is 0 Å². The quantitative estimate of drug-likeness (QED) is 0.503. The zero-order valence-corrected chi connectivity index (χ0v) is 6.10. The second kappa shape index (κ2) is 3.63. The Morgan fingerprint density at radius 3 is 3.17 bits per heavy atom. The summed E-state index contributed by atoms with van der Waals surface area (Å²) in [6.07, 6.45) is 4.16. The standard InChI is InChI=1S/C6H7N3O3/c10-3-1-2-5-4-7-8-6(5)9(11)12/h1-2,4,10H,3H2,(H,7,8)/b2-1+. The Hall–Kier alpha value is -1.69. The first kappa shape index (κ1) is 8.41. The number of hydrogen-bond acceptors (Lipinski definition) is 4. The van der Waals surface area contributed by atoms with Crippen molar-refractivity contribution in [1.29, 1.82) is 0 Å². The van der Waals surface area contributed by atoms with Crippen molar-refractivity contribution in [2.24, 2.45) is 0 Å². The highest BCUT2D eigenvalue weighted by molar-refractivity contribution is 5.56. The first-order valence-corrected chi connectivity index (χ1v) is 3.21. The third kappa shape index (κ3) is 1.67. The minimum atomic E-state index is -0.565. The van der Waals surface area contributed by atoms with Crippen LogP contribution in [0.2, 0.25) is 0 Å². The molecule has 6 heteroatoms. The van der Waals surface area contributed by atoms with Gasteiger partial charge in [0.1, 0.15) is 0 Å². The molecule has 0 atom stereocenters. The minimum absolute atomic E-state index is 0.150. The summed E-state index contributed by atoms with van der Waals surface area (Å²) in [6.45, 7) is -0.150. The van der Waals surface area contributed by atoms with Crippen molar-refractivity contribution in [3.8, 4) is 0 Å². The Morgan fingerprint density at radius 1 is 1.83 bits per heavy atom. The smallest absolute Gasteiger partial charge is 0.349 e. The molecule has 1 aromatic rings. The van der Waals surface area contributed by atoms with Crippen LogP contribution in [0, 0.1) is 10.1 Å². The molecule has 1 aromatic heterocycles. The van der Waals surface area contributed by atoms with Crippen LogP contribution in [-0.4, -0.2) is 26.8 Å². The fourth-order valence-corrected chi connectivity index (χ4v) is 0.737. The predicted molar refractivity (Wildman–Crippen MR) is 41.4 cm³/mol. The van der Waals surface area contributed by atoms with Gasteiger partial charge in [0.15, 0.2) is 0 Å². The number of aromatic amines is 1. The van der Waals surface area contributed by atoms with Crippen LogP contribution in [0.4, 0.5) is 5.82 Å². The molecule has 6 nitrogen and oxygen atoms in total. The zero-order valence-electron chi connectivity index (χ0n) is 6.10. The topological polar surface area (TPSA) is 92.0 Å². The average molecular weight is 169 g/mol. The summed E-state index contributed by atoms with van der Waals surface area (Å²) in [5, 5.41) is 24.4. The third-order valence-corrected chi connectivity index (χ3v) is 1.23. The molecule has 0 fully saturated rings. The van der Waals surface area contributed by atoms with Gasteiger partial charge in [-0.1, -0.05) is 11.2 Å². The van der Waals surface area contributed by atoms with Crippen LogP contribution in [-0.2, 0) is 0 Å². The van der Waals surface area contributed by atoms with Crippen molar-refractivity contribution >= 4 is 11.9 Å². The molecule has 1 heterocycles. The van der Waals surface area contributed by atoms with Crippen molar-refractivity contribution in [1.82, 2.24) is 10.2 Å². The van der Waals surface area contributed by atoms with Crippen LogP contribution < -0.4 is 0 Å². The first-order chi connectivity index (χ1) is 5.75. The van der Waals surface area contributed by atoms with E-state index in [1.165, 1.54) is 18.3 Å². The van der Waals surface area contributed by atoms with Crippen molar-refractivity contribution < 1.29 is 10.0 Å². The highest BCUT2D eigenvalue weighted by Gasteiger charge is 2.10. The van der Waals surface area contributed by atoms with E-state index >= 15 is 0 Å². The molecule has 2 N–H and O–H groups in total. The lowest BCUT2D eigenvalue weighted by Crippen LogP contribution is -1.89. The summed E-state index contributed by atoms with van der Waals surface area (Å²) in [5.74, 6) is -0.167. The van der Waals surface area contributed by atoms with E-state index in [4.69, 9.17) is 5.11 Å². The normalized spacial score (nSPS) is 10.8. The number of aliphatic hydroxyl groups excluding tert-OH is 1. The Labute approximate surface area is 67.7 Å². The first-order valence-electron chi connectivity index (χ1n) is 3.21. The summed E-state index contributed by atoms with van der Waals surface area (Å²) >= 11 is 0. The summed E-state index contributed by atoms with van der Waals surface area (Å²) in [7, 11) is 0. The van der Waals surface area contributed by atoms with Gasteiger partial charge in [-0.05, 0) is 11.0 Å². The van der Waals surface area contributed by atoms with Crippen molar-refractivity contribution in [3.63, 3.8) is 0 Å². The van der Waals surface area contributed by atoms with Crippen LogP contribution in [0.5, 0.6) is 0 Å². The largest absolute Gasteiger partial charge is 0.392 e. The summed E-state index contributed by atoms with van der Waals surface area (Å²) in [6, 6.07) is 0. The Bertz CT molecular complexity index is 305. The lowest BCUT2D eigenvalue weighted by Gasteiger charge is -1.89.